The molecule has 2 atom stereocenters. The summed E-state index contributed by atoms with van der Waals surface area (Å²) in [7, 11) is -4.14. The summed E-state index contributed by atoms with van der Waals surface area (Å²) in [6.07, 6.45) is 1.10. The summed E-state index contributed by atoms with van der Waals surface area (Å²) in [4.78, 5) is 28.9. The monoisotopic (exact) mass is 583 g/mol. The Morgan fingerprint density at radius 1 is 0.900 bits per heavy atom. The van der Waals surface area contributed by atoms with Crippen LogP contribution in [0.4, 0.5) is 5.69 Å². The molecule has 0 aliphatic rings. The molecule has 7 nitrogen and oxygen atoms in total. The molecule has 0 aliphatic heterocycles. The zero-order valence-electron chi connectivity index (χ0n) is 23.7. The fourth-order valence-corrected chi connectivity index (χ4v) is 5.84. The number of benzene rings is 3. The molecule has 3 aromatic rings. The van der Waals surface area contributed by atoms with Crippen molar-refractivity contribution in [3.63, 3.8) is 0 Å². The first-order chi connectivity index (χ1) is 19.0. The van der Waals surface area contributed by atoms with Crippen LogP contribution in [0.5, 0.6) is 0 Å². The number of carbonyl (C=O) groups is 2. The molecular weight excluding hydrogens is 546 g/mol. The van der Waals surface area contributed by atoms with Gasteiger partial charge < -0.3 is 10.2 Å². The van der Waals surface area contributed by atoms with Crippen molar-refractivity contribution in [2.45, 2.75) is 71.0 Å². The number of sulfonamides is 1. The Balaban J connectivity index is 2.05. The molecule has 0 radical (unpaired) electrons. The van der Waals surface area contributed by atoms with Crippen LogP contribution in [0.15, 0.2) is 77.7 Å². The molecule has 40 heavy (non-hydrogen) atoms. The van der Waals surface area contributed by atoms with Crippen molar-refractivity contribution >= 4 is 39.1 Å². The number of aryl methyl sites for hydroxylation is 2. The molecular formula is C31H38ClN3O4S. The van der Waals surface area contributed by atoms with Crippen molar-refractivity contribution < 1.29 is 18.0 Å². The van der Waals surface area contributed by atoms with E-state index in [-0.39, 0.29) is 29.1 Å². The predicted molar refractivity (Wildman–Crippen MR) is 161 cm³/mol. The number of rotatable bonds is 12. The zero-order valence-corrected chi connectivity index (χ0v) is 25.3. The maximum absolute atomic E-state index is 14.1. The van der Waals surface area contributed by atoms with Crippen LogP contribution in [-0.4, -0.2) is 43.8 Å². The number of hydrogen-bond acceptors (Lipinski definition) is 4. The molecule has 1 N–H and O–H groups in total. The quantitative estimate of drug-likeness (QED) is 0.289. The molecule has 9 heteroatoms. The van der Waals surface area contributed by atoms with Gasteiger partial charge in [0, 0.05) is 17.6 Å². The van der Waals surface area contributed by atoms with Crippen molar-refractivity contribution in [1.29, 1.82) is 0 Å². The maximum Gasteiger partial charge on any atom is 0.264 e. The molecule has 3 aromatic carbocycles. The summed E-state index contributed by atoms with van der Waals surface area (Å²) < 4.78 is 28.9. The minimum absolute atomic E-state index is 0.0533. The second kappa shape index (κ2) is 13.8. The molecule has 3 rings (SSSR count). The number of hydrogen-bond donors (Lipinski definition) is 1. The van der Waals surface area contributed by atoms with Crippen LogP contribution in [0.25, 0.3) is 0 Å². The Labute approximate surface area is 243 Å². The highest BCUT2D eigenvalue weighted by Gasteiger charge is 2.34. The molecule has 0 saturated carbocycles. The van der Waals surface area contributed by atoms with Crippen LogP contribution >= 0.6 is 11.6 Å². The Morgan fingerprint density at radius 2 is 1.50 bits per heavy atom. The molecule has 0 saturated heterocycles. The lowest BCUT2D eigenvalue weighted by Gasteiger charge is -2.33. The van der Waals surface area contributed by atoms with Crippen LogP contribution in [0.3, 0.4) is 0 Å². The molecule has 0 aromatic heterocycles. The minimum atomic E-state index is -4.14. The largest absolute Gasteiger partial charge is 0.352 e. The molecule has 0 fully saturated rings. The van der Waals surface area contributed by atoms with E-state index < -0.39 is 28.5 Å². The number of amides is 2. The highest BCUT2D eigenvalue weighted by Crippen LogP contribution is 2.27. The second-order valence-corrected chi connectivity index (χ2v) is 12.4. The lowest BCUT2D eigenvalue weighted by molar-refractivity contribution is -0.140. The Kier molecular flexibility index (Phi) is 10.8. The van der Waals surface area contributed by atoms with E-state index in [1.807, 2.05) is 58.9 Å². The Hall–Kier alpha value is -3.36. The average molecular weight is 584 g/mol. The van der Waals surface area contributed by atoms with Crippen molar-refractivity contribution in [3.8, 4) is 0 Å². The normalized spacial score (nSPS) is 12.8. The van der Waals surface area contributed by atoms with E-state index in [1.54, 1.807) is 30.3 Å². The van der Waals surface area contributed by atoms with Gasteiger partial charge in [-0.25, -0.2) is 8.42 Å². The number of carbonyl (C=O) groups excluding carboxylic acids is 2. The number of halogens is 1. The van der Waals surface area contributed by atoms with Crippen LogP contribution in [0, 0.1) is 13.8 Å². The van der Waals surface area contributed by atoms with Crippen LogP contribution in [0.2, 0.25) is 5.02 Å². The van der Waals surface area contributed by atoms with Gasteiger partial charge in [0.15, 0.2) is 0 Å². The number of anilines is 1. The highest BCUT2D eigenvalue weighted by atomic mass is 35.5. The predicted octanol–water partition coefficient (Wildman–Crippen LogP) is 5.87. The highest BCUT2D eigenvalue weighted by molar-refractivity contribution is 7.92. The topological polar surface area (TPSA) is 86.8 Å². The summed E-state index contributed by atoms with van der Waals surface area (Å²) in [6, 6.07) is 19.7. The van der Waals surface area contributed by atoms with E-state index in [2.05, 4.69) is 5.32 Å². The van der Waals surface area contributed by atoms with Gasteiger partial charge in [-0.3, -0.25) is 13.9 Å². The van der Waals surface area contributed by atoms with Crippen molar-refractivity contribution in [2.75, 3.05) is 10.8 Å². The van der Waals surface area contributed by atoms with Crippen molar-refractivity contribution in [3.05, 3.63) is 94.5 Å². The first-order valence-electron chi connectivity index (χ1n) is 13.5. The third-order valence-corrected chi connectivity index (χ3v) is 8.87. The van der Waals surface area contributed by atoms with Gasteiger partial charge in [-0.1, -0.05) is 79.0 Å². The van der Waals surface area contributed by atoms with E-state index in [0.29, 0.717) is 11.4 Å². The smallest absolute Gasteiger partial charge is 0.264 e. The average Bonchev–Trinajstić information content (AvgIpc) is 2.92. The maximum atomic E-state index is 14.1. The molecule has 2 amide bonds. The molecule has 0 bridgehead atoms. The van der Waals surface area contributed by atoms with Gasteiger partial charge in [0.1, 0.15) is 12.6 Å². The fraction of sp³-hybridized carbons (Fsp3) is 0.355. The molecule has 0 aliphatic carbocycles. The summed E-state index contributed by atoms with van der Waals surface area (Å²) in [6.45, 7) is 9.21. The lowest BCUT2D eigenvalue weighted by atomic mass is 10.1. The SMILES string of the molecule is CC[C@H](C(=O)N[C@@H](C)CC)N(Cc1ccc(C)cc1)C(=O)CN(c1cccc(Cl)c1)S(=O)(=O)c1ccc(C)cc1. The molecule has 0 heterocycles. The van der Waals surface area contributed by atoms with Crippen molar-refractivity contribution in [1.82, 2.24) is 10.2 Å². The Morgan fingerprint density at radius 3 is 2.05 bits per heavy atom. The van der Waals surface area contributed by atoms with Gasteiger partial charge in [0.05, 0.1) is 10.6 Å². The van der Waals surface area contributed by atoms with Crippen molar-refractivity contribution in [2.24, 2.45) is 0 Å². The number of nitrogens with one attached hydrogen (secondary N) is 1. The van der Waals surface area contributed by atoms with E-state index in [0.717, 1.165) is 27.4 Å². The Bertz CT molecular complexity index is 1410. The third-order valence-electron chi connectivity index (χ3n) is 6.84. The first-order valence-corrected chi connectivity index (χ1v) is 15.3. The van der Waals surface area contributed by atoms with Gasteiger partial charge in [0.25, 0.3) is 10.0 Å². The minimum Gasteiger partial charge on any atom is -0.352 e. The lowest BCUT2D eigenvalue weighted by Crippen LogP contribution is -2.53. The summed E-state index contributed by atoms with van der Waals surface area (Å²) >= 11 is 6.23. The fourth-order valence-electron chi connectivity index (χ4n) is 4.25. The summed E-state index contributed by atoms with van der Waals surface area (Å²) in [5.74, 6) is -0.768. The van der Waals surface area contributed by atoms with E-state index >= 15 is 0 Å². The summed E-state index contributed by atoms with van der Waals surface area (Å²) in [5.41, 5.74) is 3.07. The van der Waals surface area contributed by atoms with E-state index in [4.69, 9.17) is 11.6 Å². The zero-order chi connectivity index (χ0) is 29.4. The molecule has 0 unspecified atom stereocenters. The first kappa shape index (κ1) is 31.2. The number of nitrogens with zero attached hydrogens (tertiary/aromatic N) is 2. The van der Waals surface area contributed by atoms with Gasteiger partial charge in [-0.2, -0.15) is 0 Å². The van der Waals surface area contributed by atoms with E-state index in [1.165, 1.54) is 23.1 Å². The van der Waals surface area contributed by atoms with Gasteiger partial charge >= 0.3 is 0 Å². The van der Waals surface area contributed by atoms with Crippen LogP contribution in [0.1, 0.15) is 50.3 Å². The van der Waals surface area contributed by atoms with Gasteiger partial charge in [-0.05, 0) is 69.5 Å². The standard InChI is InChI=1S/C31H38ClN3O4S/c1-6-24(5)33-31(37)29(7-2)34(20-25-15-11-22(3)12-16-25)30(36)21-35(27-10-8-9-26(32)19-27)40(38,39)28-17-13-23(4)14-18-28/h8-19,24,29H,6-7,20-21H2,1-5H3,(H,33,37)/t24-,29+/m0/s1. The molecule has 214 valence electrons. The third kappa shape index (κ3) is 7.86. The second-order valence-electron chi connectivity index (χ2n) is 10.1. The van der Waals surface area contributed by atoms with Gasteiger partial charge in [0.2, 0.25) is 11.8 Å². The molecule has 0 spiro atoms. The van der Waals surface area contributed by atoms with Crippen LogP contribution < -0.4 is 9.62 Å². The van der Waals surface area contributed by atoms with Gasteiger partial charge in [-0.15, -0.1) is 0 Å². The van der Waals surface area contributed by atoms with Crippen LogP contribution in [-0.2, 0) is 26.2 Å². The van der Waals surface area contributed by atoms with E-state index in [9.17, 15) is 18.0 Å². The summed E-state index contributed by atoms with van der Waals surface area (Å²) in [5, 5.41) is 3.32.